The molecule has 16 heteroatoms. The minimum absolute atomic E-state index is 0.0636. The van der Waals surface area contributed by atoms with Crippen molar-refractivity contribution in [2.75, 3.05) is 79.3 Å². The van der Waals surface area contributed by atoms with Crippen LogP contribution in [0.15, 0.2) is 24.3 Å². The molecule has 5 rings (SSSR count). The molecule has 1 aliphatic rings. The van der Waals surface area contributed by atoms with Crippen LogP contribution in [0.25, 0.3) is 0 Å². The number of hydrogen-bond donors (Lipinski definition) is 8. The zero-order chi connectivity index (χ0) is 64.5. The van der Waals surface area contributed by atoms with Gasteiger partial charge in [-0.2, -0.15) is 0 Å². The summed E-state index contributed by atoms with van der Waals surface area (Å²) in [4.78, 5) is 0. The largest absolute Gasteiger partial charge is 0.507 e. The summed E-state index contributed by atoms with van der Waals surface area (Å²) in [5.41, 5.74) is 3.28. The Balaban J connectivity index is 2.03. The topological polar surface area (TPSA) is 236 Å². The van der Waals surface area contributed by atoms with Gasteiger partial charge in [-0.25, -0.2) is 0 Å². The number of rotatable bonds is 40. The third-order valence-electron chi connectivity index (χ3n) is 16.6. The lowest BCUT2D eigenvalue weighted by Gasteiger charge is -2.33. The molecule has 88 heavy (non-hydrogen) atoms. The van der Waals surface area contributed by atoms with Gasteiger partial charge in [-0.1, -0.05) is 109 Å². The lowest BCUT2D eigenvalue weighted by atomic mass is 9.73. The first-order valence-corrected chi connectivity index (χ1v) is 33.2. The van der Waals surface area contributed by atoms with Crippen LogP contribution in [0.4, 0.5) is 0 Å². The Labute approximate surface area is 526 Å². The number of unbranched alkanes of at least 4 members (excludes halogenated alkanes) is 4. The highest BCUT2D eigenvalue weighted by Gasteiger charge is 2.38. The van der Waals surface area contributed by atoms with Gasteiger partial charge in [0.1, 0.15) is 46.0 Å². The molecule has 4 aromatic carbocycles. The quantitative estimate of drug-likeness (QED) is 0.0193. The van der Waals surface area contributed by atoms with Crippen LogP contribution in [0.3, 0.4) is 0 Å². The maximum Gasteiger partial charge on any atom is 0.128 e. The molecule has 1 aliphatic carbocycles. The molecule has 8 N–H and O–H groups in total. The minimum Gasteiger partial charge on any atom is -0.507 e. The van der Waals surface area contributed by atoms with Gasteiger partial charge in [0, 0.05) is 94.6 Å². The zero-order valence-electron chi connectivity index (χ0n) is 55.6. The third kappa shape index (κ3) is 20.5. The van der Waals surface area contributed by atoms with E-state index in [1.807, 2.05) is 55.4 Å². The monoisotopic (exact) mass is 1230 g/mol. The molecule has 16 nitrogen and oxygen atoms in total. The van der Waals surface area contributed by atoms with Crippen molar-refractivity contribution in [3.05, 3.63) is 91.0 Å². The molecular weight excluding hydrogens is 1120 g/mol. The van der Waals surface area contributed by atoms with E-state index in [2.05, 4.69) is 27.7 Å². The zero-order valence-corrected chi connectivity index (χ0v) is 55.6. The highest BCUT2D eigenvalue weighted by molar-refractivity contribution is 5.67. The first kappa shape index (κ1) is 73.7. The van der Waals surface area contributed by atoms with Crippen LogP contribution in [-0.4, -0.2) is 120 Å². The number of aromatic hydroxyl groups is 8. The van der Waals surface area contributed by atoms with Crippen LogP contribution < -0.4 is 0 Å². The number of hydrogen-bond acceptors (Lipinski definition) is 16. The van der Waals surface area contributed by atoms with Crippen LogP contribution in [0.5, 0.6) is 46.0 Å². The van der Waals surface area contributed by atoms with Gasteiger partial charge in [-0.05, 0) is 99.3 Å². The Morgan fingerprint density at radius 1 is 0.261 bits per heavy atom. The summed E-state index contributed by atoms with van der Waals surface area (Å²) in [6, 6.07) is 7.10. The molecule has 8 bridgehead atoms. The lowest BCUT2D eigenvalue weighted by Crippen LogP contribution is -2.17. The Morgan fingerprint density at radius 2 is 0.420 bits per heavy atom. The molecule has 496 valence electrons. The maximum atomic E-state index is 13.0. The van der Waals surface area contributed by atoms with Gasteiger partial charge in [0.2, 0.25) is 0 Å². The predicted molar refractivity (Wildman–Crippen MR) is 346 cm³/mol. The van der Waals surface area contributed by atoms with E-state index in [4.69, 9.17) is 37.9 Å². The van der Waals surface area contributed by atoms with Crippen molar-refractivity contribution < 1.29 is 78.7 Å². The van der Waals surface area contributed by atoms with Gasteiger partial charge < -0.3 is 78.7 Å². The summed E-state index contributed by atoms with van der Waals surface area (Å²) in [6.07, 6.45) is 8.82. The average Bonchev–Trinajstić information content (AvgIpc) is 1.24. The van der Waals surface area contributed by atoms with Crippen molar-refractivity contribution in [2.45, 2.75) is 210 Å². The van der Waals surface area contributed by atoms with Crippen molar-refractivity contribution in [1.29, 1.82) is 0 Å². The Kier molecular flexibility index (Phi) is 31.8. The second-order valence-electron chi connectivity index (χ2n) is 25.7. The van der Waals surface area contributed by atoms with Gasteiger partial charge in [0.25, 0.3) is 0 Å². The third-order valence-corrected chi connectivity index (χ3v) is 16.6. The average molecular weight is 1230 g/mol. The summed E-state index contributed by atoms with van der Waals surface area (Å²) in [5, 5.41) is 104. The van der Waals surface area contributed by atoms with E-state index < -0.39 is 23.7 Å². The molecular formula is C72H112O16. The van der Waals surface area contributed by atoms with Crippen molar-refractivity contribution in [3.63, 3.8) is 0 Å². The number of benzene rings is 4. The molecule has 0 saturated carbocycles. The molecule has 0 unspecified atom stereocenters. The fraction of sp³-hybridized carbons (Fsp3) is 0.667. The number of ether oxygens (including phenoxy) is 8. The molecule has 0 spiro atoms. The van der Waals surface area contributed by atoms with E-state index >= 15 is 0 Å². The van der Waals surface area contributed by atoms with Gasteiger partial charge in [0.05, 0.1) is 102 Å². The highest BCUT2D eigenvalue weighted by atomic mass is 16.5. The van der Waals surface area contributed by atoms with Crippen LogP contribution in [0.2, 0.25) is 0 Å². The van der Waals surface area contributed by atoms with E-state index in [1.54, 1.807) is 24.3 Å². The van der Waals surface area contributed by atoms with Crippen molar-refractivity contribution in [2.24, 2.45) is 23.7 Å². The van der Waals surface area contributed by atoms with E-state index in [9.17, 15) is 40.9 Å². The van der Waals surface area contributed by atoms with Crippen LogP contribution in [-0.2, 0) is 64.3 Å². The van der Waals surface area contributed by atoms with E-state index in [0.29, 0.717) is 96.6 Å². The first-order valence-electron chi connectivity index (χ1n) is 33.2. The fourth-order valence-corrected chi connectivity index (χ4v) is 11.9. The van der Waals surface area contributed by atoms with Crippen molar-refractivity contribution in [3.8, 4) is 46.0 Å². The second kappa shape index (κ2) is 38.0. The van der Waals surface area contributed by atoms with Crippen LogP contribution in [0, 0.1) is 23.7 Å². The van der Waals surface area contributed by atoms with Crippen molar-refractivity contribution >= 4 is 0 Å². The summed E-state index contributed by atoms with van der Waals surface area (Å²) in [7, 11) is 0. The van der Waals surface area contributed by atoms with Gasteiger partial charge in [-0.3, -0.25) is 0 Å². The van der Waals surface area contributed by atoms with Crippen LogP contribution >= 0.6 is 0 Å². The van der Waals surface area contributed by atoms with Gasteiger partial charge in [-0.15, -0.1) is 0 Å². The fourth-order valence-electron chi connectivity index (χ4n) is 11.9. The minimum atomic E-state index is -0.825. The Morgan fingerprint density at radius 3 is 0.568 bits per heavy atom. The Hall–Kier alpha value is -5.04. The van der Waals surface area contributed by atoms with Crippen LogP contribution in [0.1, 0.15) is 251 Å². The summed E-state index contributed by atoms with van der Waals surface area (Å²) in [6.45, 7) is 27.8. The molecule has 0 saturated heterocycles. The number of phenols is 8. The van der Waals surface area contributed by atoms with E-state index in [0.717, 1.165) is 51.4 Å². The molecule has 0 fully saturated rings. The highest BCUT2D eigenvalue weighted by Crippen LogP contribution is 2.56. The molecule has 4 aromatic rings. The summed E-state index contributed by atoms with van der Waals surface area (Å²) in [5.74, 6) is -5.54. The molecule has 0 atom stereocenters. The SMILES string of the molecule is CCCCOCCOCc1c(O)c2cc(c1O)C(CC(C)C)c1cc(c(O)c(COCCOCCCC)c1O)C(CC(C)C)c1cc(c(O)c(COCCOCCCC)c1O)C(CC(C)C)c1cc(c(O)c(COCCOCCCC)c1O)C2CC(C)C. The van der Waals surface area contributed by atoms with Gasteiger partial charge >= 0.3 is 0 Å². The standard InChI is InChI=1S/C72H112O16/c1-13-17-21-81-25-29-85-41-61-65(73)53-37-54(66(61)74)50(34-46(7)8)56-39-58(70(78)63(68(56)76)43-87-31-27-83-23-19-15-3)52(36-48(11)12)60-40-59(71(79)64(72(60)80)44-88-32-28-84-24-20-16-4)51(35-47(9)10)57-38-55(49(53)33-45(5)6)67(75)62(69(57)77)42-86-30-26-82-22-18-14-2/h37-40,45-52,73-80H,13-36,41-44H2,1-12H3. The molecule has 0 radical (unpaired) electrons. The lowest BCUT2D eigenvalue weighted by molar-refractivity contribution is 0.0382. The van der Waals surface area contributed by atoms with Crippen molar-refractivity contribution in [1.82, 2.24) is 0 Å². The molecule has 0 aliphatic heterocycles. The van der Waals surface area contributed by atoms with Gasteiger partial charge in [0.15, 0.2) is 0 Å². The normalized spacial score (nSPS) is 16.1. The summed E-state index contributed by atoms with van der Waals surface area (Å²) >= 11 is 0. The van der Waals surface area contributed by atoms with E-state index in [-0.39, 0.29) is 171 Å². The smallest absolute Gasteiger partial charge is 0.128 e. The number of fused-ring (bicyclic) bond motifs is 8. The second-order valence-corrected chi connectivity index (χ2v) is 25.7. The van der Waals surface area contributed by atoms with E-state index in [1.165, 1.54) is 0 Å². The first-order chi connectivity index (χ1) is 42.2. The molecule has 0 amide bonds. The maximum absolute atomic E-state index is 13.0. The predicted octanol–water partition coefficient (Wildman–Crippen LogP) is 15.7. The molecule has 0 aromatic heterocycles. The number of phenolic OH excluding ortho intramolecular Hbond substituents is 8. The molecule has 0 heterocycles. The Bertz CT molecular complexity index is 2240. The summed E-state index contributed by atoms with van der Waals surface area (Å²) < 4.78 is 48.5.